The Hall–Kier alpha value is -3.93. The molecule has 8 atom stereocenters. The molecule has 2 aromatic rings. The Morgan fingerprint density at radius 2 is 1.74 bits per heavy atom. The van der Waals surface area contributed by atoms with Crippen LogP contribution in [0.4, 0.5) is 0 Å². The first-order valence-electron chi connectivity index (χ1n) is 15.8. The molecule has 0 radical (unpaired) electrons. The number of primary amides is 1. The van der Waals surface area contributed by atoms with Gasteiger partial charge in [-0.2, -0.15) is 0 Å². The summed E-state index contributed by atoms with van der Waals surface area (Å²) in [6.07, 6.45) is 3.77. The van der Waals surface area contributed by atoms with Crippen molar-refractivity contribution in [1.82, 2.24) is 4.90 Å². The number of nitrogens with two attached hydrogens (primary N) is 1. The highest BCUT2D eigenvalue weighted by molar-refractivity contribution is 6.32. The lowest BCUT2D eigenvalue weighted by molar-refractivity contribution is -0.196. The lowest BCUT2D eigenvalue weighted by Gasteiger charge is -2.56. The number of methoxy groups -OCH3 is 1. The number of hydrogen-bond acceptors (Lipinski definition) is 10. The number of phenolic OH excluding ortho intramolecular Hbond substituents is 1. The van der Waals surface area contributed by atoms with Crippen LogP contribution in [-0.4, -0.2) is 88.2 Å². The second-order valence-corrected chi connectivity index (χ2v) is 13.7. The van der Waals surface area contributed by atoms with Gasteiger partial charge >= 0.3 is 0 Å². The van der Waals surface area contributed by atoms with Crippen LogP contribution in [0.2, 0.25) is 0 Å². The van der Waals surface area contributed by atoms with Crippen molar-refractivity contribution in [3.63, 3.8) is 0 Å². The number of rotatable bonds is 6. The molecule has 2 unspecified atom stereocenters. The predicted molar refractivity (Wildman–Crippen MR) is 165 cm³/mol. The third-order valence-corrected chi connectivity index (χ3v) is 11.1. The Labute approximate surface area is 266 Å². The number of nitrogens with zero attached hydrogens (tertiary/aromatic N) is 1. The molecular formula is C35H40N2O9. The fraction of sp³-hybridized carbons (Fsp3) is 0.514. The van der Waals surface area contributed by atoms with Gasteiger partial charge < -0.3 is 25.8 Å². The molecule has 4 aliphatic carbocycles. The number of benzene rings is 2. The number of aliphatic hydroxyl groups is 2. The number of Topliss-reactive ketones (excluding diaryl/α,β-unsaturated/α-hetero) is 4. The lowest BCUT2D eigenvalue weighted by Crippen LogP contribution is -2.77. The quantitative estimate of drug-likeness (QED) is 0.343. The van der Waals surface area contributed by atoms with Gasteiger partial charge in [-0.05, 0) is 61.2 Å². The molecule has 3 saturated carbocycles. The fourth-order valence-electron chi connectivity index (χ4n) is 8.85. The van der Waals surface area contributed by atoms with E-state index in [0.717, 1.165) is 30.6 Å². The van der Waals surface area contributed by atoms with E-state index in [-0.39, 0.29) is 11.3 Å². The van der Waals surface area contributed by atoms with E-state index in [2.05, 4.69) is 0 Å². The average Bonchev–Trinajstić information content (AvgIpc) is 3.52. The molecule has 1 amide bonds. The van der Waals surface area contributed by atoms with E-state index < -0.39 is 76.4 Å². The number of fused-ring (bicyclic) bond motifs is 3. The summed E-state index contributed by atoms with van der Waals surface area (Å²) in [7, 11) is 4.53. The van der Waals surface area contributed by atoms with E-state index in [1.54, 1.807) is 32.2 Å². The Kier molecular flexibility index (Phi) is 7.93. The van der Waals surface area contributed by atoms with E-state index >= 15 is 0 Å². The van der Waals surface area contributed by atoms with E-state index in [0.29, 0.717) is 22.6 Å². The molecule has 46 heavy (non-hydrogen) atoms. The number of phenols is 1. The topological polar surface area (TPSA) is 185 Å². The molecule has 0 aromatic heterocycles. The molecule has 4 aliphatic rings. The standard InChI is InChI=1S/C35H40N2O9/c1-15-19-10-11-20(17-9-12-21(46-4)18(14-17)13-16-7-5-6-8-16)28(38)23(19)29(39)24-22(15)30(40)26-27(37(2)3)31(41)25(34(36)44)33(43)35(26,45)32(24)42/h9-12,14-16,22,24-27,30,38,40,45H,5-8,13H2,1-4H3,(H2,36,44)/t15-,22+,24?,25?,26+,27-,30-,35-/m0/s1. The van der Waals surface area contributed by atoms with Crippen molar-refractivity contribution < 1.29 is 44.0 Å². The summed E-state index contributed by atoms with van der Waals surface area (Å²) in [6.45, 7) is 1.69. The van der Waals surface area contributed by atoms with Gasteiger partial charge in [-0.3, -0.25) is 28.9 Å². The first-order valence-corrected chi connectivity index (χ1v) is 15.8. The minimum absolute atomic E-state index is 0.128. The highest BCUT2D eigenvalue weighted by Crippen LogP contribution is 2.55. The molecule has 0 spiro atoms. The average molecular weight is 633 g/mol. The zero-order valence-electron chi connectivity index (χ0n) is 26.4. The number of carbonyl (C=O) groups is 5. The number of ether oxygens (including phenoxy) is 1. The maximum atomic E-state index is 14.3. The number of amides is 1. The van der Waals surface area contributed by atoms with Crippen molar-refractivity contribution in [3.05, 3.63) is 47.0 Å². The molecule has 11 heteroatoms. The Balaban J connectivity index is 1.45. The second kappa shape index (κ2) is 11.4. The van der Waals surface area contributed by atoms with E-state index in [9.17, 15) is 39.3 Å². The van der Waals surface area contributed by atoms with Gasteiger partial charge in [-0.15, -0.1) is 0 Å². The van der Waals surface area contributed by atoms with Gasteiger partial charge in [0.15, 0.2) is 34.7 Å². The van der Waals surface area contributed by atoms with Crippen LogP contribution >= 0.6 is 0 Å². The fourth-order valence-corrected chi connectivity index (χ4v) is 8.85. The summed E-state index contributed by atoms with van der Waals surface area (Å²) in [4.78, 5) is 69.0. The zero-order valence-corrected chi connectivity index (χ0v) is 26.4. The predicted octanol–water partition coefficient (Wildman–Crippen LogP) is 1.81. The van der Waals surface area contributed by atoms with E-state index in [1.165, 1.54) is 31.8 Å². The van der Waals surface area contributed by atoms with Crippen molar-refractivity contribution in [3.8, 4) is 22.6 Å². The molecular weight excluding hydrogens is 592 g/mol. The largest absolute Gasteiger partial charge is 0.507 e. The number of carbonyl (C=O) groups excluding carboxylic acids is 5. The number of hydrogen-bond donors (Lipinski definition) is 4. The first-order chi connectivity index (χ1) is 21.7. The summed E-state index contributed by atoms with van der Waals surface area (Å²) < 4.78 is 5.61. The van der Waals surface area contributed by atoms with Gasteiger partial charge in [0.1, 0.15) is 11.5 Å². The van der Waals surface area contributed by atoms with E-state index in [1.807, 2.05) is 12.1 Å². The van der Waals surface area contributed by atoms with Crippen molar-refractivity contribution in [2.45, 2.75) is 62.7 Å². The van der Waals surface area contributed by atoms with Gasteiger partial charge in [-0.1, -0.05) is 50.8 Å². The number of aliphatic hydroxyl groups excluding tert-OH is 1. The molecule has 0 aliphatic heterocycles. The van der Waals surface area contributed by atoms with Crippen molar-refractivity contribution in [2.24, 2.45) is 35.3 Å². The molecule has 3 fully saturated rings. The smallest absolute Gasteiger partial charge is 0.235 e. The van der Waals surface area contributed by atoms with Crippen molar-refractivity contribution >= 4 is 29.0 Å². The summed E-state index contributed by atoms with van der Waals surface area (Å²) in [5.41, 5.74) is 4.60. The molecule has 244 valence electrons. The van der Waals surface area contributed by atoms with Gasteiger partial charge in [0, 0.05) is 11.5 Å². The van der Waals surface area contributed by atoms with Crippen molar-refractivity contribution in [1.29, 1.82) is 0 Å². The monoisotopic (exact) mass is 632 g/mol. The molecule has 0 bridgehead atoms. The Morgan fingerprint density at radius 1 is 1.07 bits per heavy atom. The highest BCUT2D eigenvalue weighted by Gasteiger charge is 2.72. The maximum Gasteiger partial charge on any atom is 0.235 e. The summed E-state index contributed by atoms with van der Waals surface area (Å²) in [5.74, 6) is -12.2. The normalized spacial score (nSPS) is 32.7. The first kappa shape index (κ1) is 32.0. The molecule has 5 N–H and O–H groups in total. The third kappa shape index (κ3) is 4.46. The molecule has 2 aromatic carbocycles. The Morgan fingerprint density at radius 3 is 2.35 bits per heavy atom. The highest BCUT2D eigenvalue weighted by atomic mass is 16.5. The number of aromatic hydroxyl groups is 1. The van der Waals surface area contributed by atoms with Gasteiger partial charge in [0.25, 0.3) is 0 Å². The SMILES string of the molecule is COc1ccc(-c2ccc3c(c2O)C(=O)C2C(=O)[C@]4(O)C(=O)C(C(N)=O)C(=O)[C@@H](N(C)C)[C@@H]4[C@@H](O)[C@@H]2[C@H]3C)cc1CC1CCCC1. The van der Waals surface area contributed by atoms with Crippen LogP contribution in [0.15, 0.2) is 30.3 Å². The third-order valence-electron chi connectivity index (χ3n) is 11.1. The summed E-state index contributed by atoms with van der Waals surface area (Å²) >= 11 is 0. The zero-order chi connectivity index (χ0) is 33.4. The van der Waals surface area contributed by atoms with Gasteiger partial charge in [-0.25, -0.2) is 0 Å². The van der Waals surface area contributed by atoms with Crippen LogP contribution in [0.1, 0.15) is 60.0 Å². The molecule has 0 saturated heterocycles. The second-order valence-electron chi connectivity index (χ2n) is 13.7. The summed E-state index contributed by atoms with van der Waals surface area (Å²) in [5, 5.41) is 35.3. The summed E-state index contributed by atoms with van der Waals surface area (Å²) in [6, 6.07) is 7.51. The molecule has 0 heterocycles. The maximum absolute atomic E-state index is 14.3. The minimum Gasteiger partial charge on any atom is -0.507 e. The van der Waals surface area contributed by atoms with Crippen LogP contribution in [0.5, 0.6) is 11.5 Å². The van der Waals surface area contributed by atoms with Crippen LogP contribution in [0.25, 0.3) is 11.1 Å². The van der Waals surface area contributed by atoms with Crippen LogP contribution < -0.4 is 10.5 Å². The minimum atomic E-state index is -3.03. The van der Waals surface area contributed by atoms with Gasteiger partial charge in [0.05, 0.1) is 36.7 Å². The lowest BCUT2D eigenvalue weighted by atomic mass is 9.49. The number of ketones is 4. The molecule has 11 nitrogen and oxygen atoms in total. The number of likely N-dealkylation sites (N-methyl/N-ethyl adjacent to an activating group) is 1. The van der Waals surface area contributed by atoms with Crippen LogP contribution in [0, 0.1) is 29.6 Å². The molecule has 6 rings (SSSR count). The van der Waals surface area contributed by atoms with Crippen LogP contribution in [0.3, 0.4) is 0 Å². The van der Waals surface area contributed by atoms with Crippen LogP contribution in [-0.2, 0) is 25.6 Å². The van der Waals surface area contributed by atoms with Crippen molar-refractivity contribution in [2.75, 3.05) is 21.2 Å². The van der Waals surface area contributed by atoms with E-state index in [4.69, 9.17) is 10.5 Å². The Bertz CT molecular complexity index is 1660. The van der Waals surface area contributed by atoms with Gasteiger partial charge in [0.2, 0.25) is 5.91 Å².